The van der Waals surface area contributed by atoms with Crippen LogP contribution in [0.5, 0.6) is 0 Å². The highest BCUT2D eigenvalue weighted by Gasteiger charge is 2.49. The first kappa shape index (κ1) is 32.3. The minimum atomic E-state index is -2.57. The molecule has 10 heteroatoms. The Morgan fingerprint density at radius 2 is 1.10 bits per heavy atom. The molecule has 0 heterocycles. The molecule has 0 unspecified atom stereocenters. The Bertz CT molecular complexity index is 967. The van der Waals surface area contributed by atoms with Crippen LogP contribution in [-0.2, 0) is 37.8 Å². The number of carbonyl (C=O) groups is 3. The predicted molar refractivity (Wildman–Crippen MR) is 149 cm³/mol. The van der Waals surface area contributed by atoms with Crippen LogP contribution in [0.1, 0.15) is 33.6 Å². The highest BCUT2D eigenvalue weighted by molar-refractivity contribution is 6.99. The van der Waals surface area contributed by atoms with E-state index < -0.39 is 26.0 Å². The summed E-state index contributed by atoms with van der Waals surface area (Å²) >= 11 is 0. The Kier molecular flexibility index (Phi) is 14.0. The lowest BCUT2D eigenvalue weighted by Gasteiger charge is -2.43. The van der Waals surface area contributed by atoms with Crippen molar-refractivity contribution in [3.63, 3.8) is 0 Å². The van der Waals surface area contributed by atoms with Crippen molar-refractivity contribution >= 4 is 36.4 Å². The van der Waals surface area contributed by atoms with Crippen molar-refractivity contribution in [3.05, 3.63) is 60.7 Å². The SMILES string of the molecule is CC(C)(C)[Si](OCCOCCOCCOCCOC(=O)CCC(=O)C(=O)O)(c1ccccc1)c1ccccc1. The number of benzene rings is 2. The van der Waals surface area contributed by atoms with Crippen molar-refractivity contribution < 1.29 is 42.9 Å². The Balaban J connectivity index is 1.63. The first-order valence-corrected chi connectivity index (χ1v) is 15.0. The molecule has 0 saturated carbocycles. The van der Waals surface area contributed by atoms with Gasteiger partial charge in [0.2, 0.25) is 5.78 Å². The third-order valence-corrected chi connectivity index (χ3v) is 11.0. The quantitative estimate of drug-likeness (QED) is 0.120. The maximum atomic E-state index is 11.4. The van der Waals surface area contributed by atoms with Gasteiger partial charge in [0.1, 0.15) is 6.61 Å². The summed E-state index contributed by atoms with van der Waals surface area (Å²) in [6.45, 7) is 9.38. The van der Waals surface area contributed by atoms with Gasteiger partial charge in [-0.15, -0.1) is 0 Å². The summed E-state index contributed by atoms with van der Waals surface area (Å²) in [5.41, 5.74) is 0. The number of Topliss-reactive ketones (excluding diaryl/α,β-unsaturated/α-hetero) is 1. The first-order valence-electron chi connectivity index (χ1n) is 13.1. The number of hydrogen-bond acceptors (Lipinski definition) is 8. The van der Waals surface area contributed by atoms with Crippen molar-refractivity contribution in [2.24, 2.45) is 0 Å². The molecule has 0 fully saturated rings. The van der Waals surface area contributed by atoms with Gasteiger partial charge in [0.25, 0.3) is 8.32 Å². The van der Waals surface area contributed by atoms with E-state index >= 15 is 0 Å². The van der Waals surface area contributed by atoms with Crippen LogP contribution in [0.25, 0.3) is 0 Å². The van der Waals surface area contributed by atoms with Crippen LogP contribution >= 0.6 is 0 Å². The second-order valence-corrected chi connectivity index (χ2v) is 14.1. The number of rotatable bonds is 19. The van der Waals surface area contributed by atoms with Crippen LogP contribution in [0.2, 0.25) is 5.04 Å². The minimum Gasteiger partial charge on any atom is -0.476 e. The smallest absolute Gasteiger partial charge is 0.372 e. The van der Waals surface area contributed by atoms with Gasteiger partial charge in [-0.05, 0) is 15.4 Å². The van der Waals surface area contributed by atoms with E-state index in [-0.39, 0.29) is 31.1 Å². The van der Waals surface area contributed by atoms with Gasteiger partial charge in [0.05, 0.1) is 52.7 Å². The highest BCUT2D eigenvalue weighted by Crippen LogP contribution is 2.36. The molecular weight excluding hydrogens is 520 g/mol. The second kappa shape index (κ2) is 16.9. The Labute approximate surface area is 231 Å². The van der Waals surface area contributed by atoms with Crippen LogP contribution < -0.4 is 10.4 Å². The second-order valence-electron chi connectivity index (χ2n) is 9.80. The molecule has 0 aliphatic carbocycles. The third kappa shape index (κ3) is 10.7. The molecule has 0 radical (unpaired) electrons. The lowest BCUT2D eigenvalue weighted by Crippen LogP contribution is -2.66. The summed E-state index contributed by atoms with van der Waals surface area (Å²) in [6.07, 6.45) is -0.645. The van der Waals surface area contributed by atoms with Gasteiger partial charge in [-0.3, -0.25) is 9.59 Å². The molecule has 0 aliphatic heterocycles. The van der Waals surface area contributed by atoms with Gasteiger partial charge in [0.15, 0.2) is 0 Å². The molecule has 0 amide bonds. The van der Waals surface area contributed by atoms with Gasteiger partial charge in [-0.1, -0.05) is 81.4 Å². The number of hydrogen-bond donors (Lipinski definition) is 1. The standard InChI is InChI=1S/C29H40O9Si/c1-29(2,3)39(24-10-6-4-7-11-24,25-12-8-5-9-13-25)38-23-21-36-19-17-34-16-18-35-20-22-37-27(31)15-14-26(30)28(32)33/h4-13H,14-23H2,1-3H3,(H,32,33). The van der Waals surface area contributed by atoms with Crippen molar-refractivity contribution in [2.45, 2.75) is 38.7 Å². The normalized spacial score (nSPS) is 11.8. The molecule has 0 bridgehead atoms. The number of ketones is 1. The van der Waals surface area contributed by atoms with Crippen LogP contribution in [0.3, 0.4) is 0 Å². The zero-order valence-electron chi connectivity index (χ0n) is 23.1. The van der Waals surface area contributed by atoms with Crippen LogP contribution in [0.4, 0.5) is 0 Å². The number of ether oxygens (including phenoxy) is 4. The maximum Gasteiger partial charge on any atom is 0.372 e. The fourth-order valence-corrected chi connectivity index (χ4v) is 8.71. The monoisotopic (exact) mass is 560 g/mol. The number of esters is 1. The van der Waals surface area contributed by atoms with Crippen molar-refractivity contribution in [2.75, 3.05) is 52.9 Å². The first-order chi connectivity index (χ1) is 18.7. The lowest BCUT2D eigenvalue weighted by molar-refractivity contribution is -0.151. The van der Waals surface area contributed by atoms with E-state index in [9.17, 15) is 14.4 Å². The molecule has 2 aromatic carbocycles. The molecule has 0 saturated heterocycles. The minimum absolute atomic E-state index is 0.0224. The van der Waals surface area contributed by atoms with Crippen LogP contribution in [0, 0.1) is 0 Å². The summed E-state index contributed by atoms with van der Waals surface area (Å²) in [5.74, 6) is -3.21. The van der Waals surface area contributed by atoms with Gasteiger partial charge < -0.3 is 28.5 Å². The topological polar surface area (TPSA) is 118 Å². The van der Waals surface area contributed by atoms with Crippen molar-refractivity contribution in [1.82, 2.24) is 0 Å². The van der Waals surface area contributed by atoms with E-state index in [4.69, 9.17) is 28.5 Å². The number of aliphatic carboxylic acids is 1. The summed E-state index contributed by atoms with van der Waals surface area (Å²) in [7, 11) is -2.57. The molecular formula is C29H40O9Si. The number of carbonyl (C=O) groups excluding carboxylic acids is 2. The van der Waals surface area contributed by atoms with Gasteiger partial charge in [-0.2, -0.15) is 0 Å². The molecule has 214 valence electrons. The fourth-order valence-electron chi connectivity index (χ4n) is 4.17. The summed E-state index contributed by atoms with van der Waals surface area (Å²) < 4.78 is 28.2. The van der Waals surface area contributed by atoms with Crippen molar-refractivity contribution in [1.29, 1.82) is 0 Å². The van der Waals surface area contributed by atoms with E-state index in [2.05, 4.69) is 69.3 Å². The summed E-state index contributed by atoms with van der Waals surface area (Å²) in [5, 5.41) is 10.8. The van der Waals surface area contributed by atoms with Crippen molar-refractivity contribution in [3.8, 4) is 0 Å². The molecule has 39 heavy (non-hydrogen) atoms. The molecule has 0 aliphatic rings. The van der Waals surface area contributed by atoms with Crippen LogP contribution in [0.15, 0.2) is 60.7 Å². The summed E-state index contributed by atoms with van der Waals surface area (Å²) in [6, 6.07) is 21.0. The Morgan fingerprint density at radius 1 is 0.667 bits per heavy atom. The molecule has 1 N–H and O–H groups in total. The molecule has 0 spiro atoms. The van der Waals surface area contributed by atoms with Crippen LogP contribution in [-0.4, -0.2) is 84.0 Å². The average molecular weight is 561 g/mol. The average Bonchev–Trinajstić information content (AvgIpc) is 2.92. The zero-order chi connectivity index (χ0) is 28.6. The van der Waals surface area contributed by atoms with Gasteiger partial charge in [0, 0.05) is 6.42 Å². The lowest BCUT2D eigenvalue weighted by atomic mass is 10.2. The van der Waals surface area contributed by atoms with Gasteiger partial charge >= 0.3 is 11.9 Å². The number of carboxylic acid groups (broad SMARTS) is 1. The Morgan fingerprint density at radius 3 is 1.54 bits per heavy atom. The van der Waals surface area contributed by atoms with Gasteiger partial charge in [-0.25, -0.2) is 4.79 Å². The third-order valence-electron chi connectivity index (χ3n) is 5.99. The molecule has 2 rings (SSSR count). The van der Waals surface area contributed by atoms with E-state index in [1.54, 1.807) is 0 Å². The Hall–Kier alpha value is -2.89. The molecule has 0 aromatic heterocycles. The van der Waals surface area contributed by atoms with E-state index in [1.165, 1.54) is 10.4 Å². The molecule has 9 nitrogen and oxygen atoms in total. The predicted octanol–water partition coefficient (Wildman–Crippen LogP) is 2.59. The number of carboxylic acids is 1. The fraction of sp³-hybridized carbons (Fsp3) is 0.483. The molecule has 0 atom stereocenters. The highest BCUT2D eigenvalue weighted by atomic mass is 28.4. The van der Waals surface area contributed by atoms with E-state index in [0.29, 0.717) is 39.6 Å². The largest absolute Gasteiger partial charge is 0.476 e. The van der Waals surface area contributed by atoms with E-state index in [1.807, 2.05) is 12.1 Å². The summed E-state index contributed by atoms with van der Waals surface area (Å²) in [4.78, 5) is 32.8. The maximum absolute atomic E-state index is 11.4. The zero-order valence-corrected chi connectivity index (χ0v) is 24.1. The van der Waals surface area contributed by atoms with E-state index in [0.717, 1.165) is 0 Å². The molecule has 2 aromatic rings.